The Morgan fingerprint density at radius 2 is 1.96 bits per heavy atom. The van der Waals surface area contributed by atoms with Crippen LogP contribution in [0.15, 0.2) is 42.9 Å². The molecule has 118 valence electrons. The average molecular weight is 321 g/mol. The summed E-state index contributed by atoms with van der Waals surface area (Å²) in [5.74, 6) is -0.964. The number of hydrogen-bond acceptors (Lipinski definition) is 5. The molecule has 0 saturated carbocycles. The number of ether oxygens (including phenoxy) is 1. The lowest BCUT2D eigenvalue weighted by atomic mass is 10.2. The Kier molecular flexibility index (Phi) is 4.18. The van der Waals surface area contributed by atoms with Crippen molar-refractivity contribution < 1.29 is 17.9 Å². The van der Waals surface area contributed by atoms with E-state index in [9.17, 15) is 13.2 Å². The van der Waals surface area contributed by atoms with Gasteiger partial charge in [0.2, 0.25) is 0 Å². The van der Waals surface area contributed by atoms with Gasteiger partial charge in [0.05, 0.1) is 17.4 Å². The van der Waals surface area contributed by atoms with E-state index in [0.29, 0.717) is 5.69 Å². The smallest absolute Gasteiger partial charge is 0.316 e. The van der Waals surface area contributed by atoms with Gasteiger partial charge in [0.1, 0.15) is 18.1 Å². The van der Waals surface area contributed by atoms with Gasteiger partial charge in [0, 0.05) is 12.4 Å². The Morgan fingerprint density at radius 1 is 1.17 bits per heavy atom. The summed E-state index contributed by atoms with van der Waals surface area (Å²) in [4.78, 5) is 7.77. The number of hydrogen-bond donors (Lipinski definition) is 0. The van der Waals surface area contributed by atoms with Crippen molar-refractivity contribution in [2.75, 3.05) is 0 Å². The highest BCUT2D eigenvalue weighted by molar-refractivity contribution is 5.36. The molecule has 23 heavy (non-hydrogen) atoms. The molecule has 0 amide bonds. The van der Waals surface area contributed by atoms with E-state index in [1.165, 1.54) is 29.3 Å². The first kappa shape index (κ1) is 14.9. The van der Waals surface area contributed by atoms with Gasteiger partial charge in [-0.3, -0.25) is 0 Å². The fourth-order valence-electron chi connectivity index (χ4n) is 1.83. The van der Waals surface area contributed by atoms with Gasteiger partial charge in [0.25, 0.3) is 6.43 Å². The van der Waals surface area contributed by atoms with Crippen LogP contribution in [0.3, 0.4) is 0 Å². The summed E-state index contributed by atoms with van der Waals surface area (Å²) in [5, 5.41) is 7.66. The highest BCUT2D eigenvalue weighted by Gasteiger charge is 2.15. The van der Waals surface area contributed by atoms with Crippen LogP contribution in [0.2, 0.25) is 0 Å². The molecule has 0 atom stereocenters. The molecule has 0 bridgehead atoms. The number of nitrogens with zero attached hydrogens (tertiary/aromatic N) is 5. The van der Waals surface area contributed by atoms with Gasteiger partial charge < -0.3 is 4.74 Å². The van der Waals surface area contributed by atoms with Crippen LogP contribution >= 0.6 is 0 Å². The zero-order valence-corrected chi connectivity index (χ0v) is 11.6. The van der Waals surface area contributed by atoms with Gasteiger partial charge >= 0.3 is 6.01 Å². The summed E-state index contributed by atoms with van der Waals surface area (Å²) < 4.78 is 45.3. The van der Waals surface area contributed by atoms with Gasteiger partial charge in [0.15, 0.2) is 0 Å². The standard InChI is InChI=1S/C14H10F3N5O/c15-12-3-2-10(6-11(12)13(16)17)22-7-9(20-21-22)8-23-14-18-4-1-5-19-14/h1-7,13H,8H2. The van der Waals surface area contributed by atoms with E-state index in [4.69, 9.17) is 4.74 Å². The molecule has 0 saturated heterocycles. The summed E-state index contributed by atoms with van der Waals surface area (Å²) in [5.41, 5.74) is 0.0327. The van der Waals surface area contributed by atoms with E-state index in [1.807, 2.05) is 0 Å². The van der Waals surface area contributed by atoms with Crippen molar-refractivity contribution in [1.82, 2.24) is 25.0 Å². The summed E-state index contributed by atoms with van der Waals surface area (Å²) in [6, 6.07) is 5.16. The highest BCUT2D eigenvalue weighted by Crippen LogP contribution is 2.24. The molecule has 6 nitrogen and oxygen atoms in total. The minimum Gasteiger partial charge on any atom is -0.457 e. The molecule has 0 aliphatic heterocycles. The summed E-state index contributed by atoms with van der Waals surface area (Å²) in [6.07, 6.45) is 1.65. The quantitative estimate of drug-likeness (QED) is 0.723. The van der Waals surface area contributed by atoms with Crippen molar-refractivity contribution in [3.05, 3.63) is 59.9 Å². The second-order valence-corrected chi connectivity index (χ2v) is 4.48. The lowest BCUT2D eigenvalue weighted by Crippen LogP contribution is -1.99. The van der Waals surface area contributed by atoms with Gasteiger partial charge in [-0.05, 0) is 24.3 Å². The maximum Gasteiger partial charge on any atom is 0.316 e. The van der Waals surface area contributed by atoms with Gasteiger partial charge in [-0.2, -0.15) is 0 Å². The van der Waals surface area contributed by atoms with E-state index in [1.54, 1.807) is 6.07 Å². The first-order valence-corrected chi connectivity index (χ1v) is 6.52. The van der Waals surface area contributed by atoms with E-state index in [-0.39, 0.29) is 18.3 Å². The van der Waals surface area contributed by atoms with Crippen molar-refractivity contribution >= 4 is 0 Å². The maximum absolute atomic E-state index is 13.3. The molecule has 1 aromatic carbocycles. The van der Waals surface area contributed by atoms with Crippen molar-refractivity contribution in [3.63, 3.8) is 0 Å². The molecule has 0 spiro atoms. The zero-order chi connectivity index (χ0) is 16.2. The molecule has 0 radical (unpaired) electrons. The van der Waals surface area contributed by atoms with Crippen LogP contribution < -0.4 is 4.74 Å². The van der Waals surface area contributed by atoms with E-state index in [2.05, 4.69) is 20.3 Å². The Morgan fingerprint density at radius 3 is 2.70 bits per heavy atom. The minimum atomic E-state index is -2.91. The predicted molar refractivity (Wildman–Crippen MR) is 72.6 cm³/mol. The normalized spacial score (nSPS) is 11.0. The predicted octanol–water partition coefficient (Wildman–Crippen LogP) is 2.71. The van der Waals surface area contributed by atoms with Crippen LogP contribution in [0.5, 0.6) is 6.01 Å². The van der Waals surface area contributed by atoms with Crippen LogP contribution in [0.4, 0.5) is 13.2 Å². The van der Waals surface area contributed by atoms with Crippen molar-refractivity contribution in [2.24, 2.45) is 0 Å². The molecule has 3 rings (SSSR count). The lowest BCUT2D eigenvalue weighted by Gasteiger charge is -2.05. The third-order valence-corrected chi connectivity index (χ3v) is 2.91. The molecule has 0 N–H and O–H groups in total. The third kappa shape index (κ3) is 3.44. The third-order valence-electron chi connectivity index (χ3n) is 2.91. The number of benzene rings is 1. The molecular weight excluding hydrogens is 311 g/mol. The number of alkyl halides is 2. The first-order valence-electron chi connectivity index (χ1n) is 6.52. The van der Waals surface area contributed by atoms with Crippen LogP contribution in [-0.4, -0.2) is 25.0 Å². The summed E-state index contributed by atoms with van der Waals surface area (Å²) >= 11 is 0. The van der Waals surface area contributed by atoms with Crippen LogP contribution in [-0.2, 0) is 6.61 Å². The Labute approximate surface area is 128 Å². The second kappa shape index (κ2) is 6.42. The first-order chi connectivity index (χ1) is 11.1. The Hall–Kier alpha value is -2.97. The molecule has 9 heteroatoms. The molecular formula is C14H10F3N5O. The Balaban J connectivity index is 1.75. The van der Waals surface area contributed by atoms with Crippen LogP contribution in [0, 0.1) is 5.82 Å². The van der Waals surface area contributed by atoms with Gasteiger partial charge in [-0.25, -0.2) is 27.8 Å². The van der Waals surface area contributed by atoms with E-state index >= 15 is 0 Å². The van der Waals surface area contributed by atoms with Crippen molar-refractivity contribution in [1.29, 1.82) is 0 Å². The van der Waals surface area contributed by atoms with E-state index < -0.39 is 17.8 Å². The maximum atomic E-state index is 13.3. The van der Waals surface area contributed by atoms with Crippen LogP contribution in [0.1, 0.15) is 17.7 Å². The number of aromatic nitrogens is 5. The largest absolute Gasteiger partial charge is 0.457 e. The zero-order valence-electron chi connectivity index (χ0n) is 11.6. The SMILES string of the molecule is Fc1ccc(-n2cc(COc3ncccn3)nn2)cc1C(F)F. The van der Waals surface area contributed by atoms with Crippen molar-refractivity contribution in [2.45, 2.75) is 13.0 Å². The molecule has 2 aromatic heterocycles. The molecule has 0 fully saturated rings. The fraction of sp³-hybridized carbons (Fsp3) is 0.143. The molecule has 2 heterocycles. The number of rotatable bonds is 5. The lowest BCUT2D eigenvalue weighted by molar-refractivity contribution is 0.146. The monoisotopic (exact) mass is 321 g/mol. The average Bonchev–Trinajstić information content (AvgIpc) is 3.03. The molecule has 0 aliphatic rings. The van der Waals surface area contributed by atoms with Gasteiger partial charge in [-0.15, -0.1) is 5.10 Å². The topological polar surface area (TPSA) is 65.7 Å². The molecule has 0 aliphatic carbocycles. The van der Waals surface area contributed by atoms with Gasteiger partial charge in [-0.1, -0.05) is 5.21 Å². The fourth-order valence-corrected chi connectivity index (χ4v) is 1.83. The molecule has 0 unspecified atom stereocenters. The highest BCUT2D eigenvalue weighted by atomic mass is 19.3. The van der Waals surface area contributed by atoms with Crippen LogP contribution in [0.25, 0.3) is 5.69 Å². The molecule has 3 aromatic rings. The number of halogens is 3. The Bertz CT molecular complexity index is 794. The van der Waals surface area contributed by atoms with Crippen molar-refractivity contribution in [3.8, 4) is 11.7 Å². The summed E-state index contributed by atoms with van der Waals surface area (Å²) in [7, 11) is 0. The second-order valence-electron chi connectivity index (χ2n) is 4.48. The summed E-state index contributed by atoms with van der Waals surface area (Å²) in [6.45, 7) is 0.0624. The van der Waals surface area contributed by atoms with E-state index in [0.717, 1.165) is 12.1 Å². The minimum absolute atomic E-state index is 0.0624.